The summed E-state index contributed by atoms with van der Waals surface area (Å²) in [4.78, 5) is 44.0. The van der Waals surface area contributed by atoms with Gasteiger partial charge in [-0.1, -0.05) is 33.3 Å². The molecule has 0 aliphatic carbocycles. The highest BCUT2D eigenvalue weighted by Crippen LogP contribution is 2.32. The van der Waals surface area contributed by atoms with Crippen LogP contribution in [-0.4, -0.2) is 46.8 Å². The van der Waals surface area contributed by atoms with E-state index in [4.69, 9.17) is 15.2 Å². The number of H-pyrrole nitrogens is 1. The number of carbonyl (C=O) groups excluding carboxylic acids is 1. The van der Waals surface area contributed by atoms with Crippen LogP contribution in [0.1, 0.15) is 45.6 Å². The van der Waals surface area contributed by atoms with Crippen molar-refractivity contribution in [1.82, 2.24) is 14.5 Å². The average molecular weight is 460 g/mol. The molecule has 0 bridgehead atoms. The molecule has 2 aromatic rings. The van der Waals surface area contributed by atoms with E-state index < -0.39 is 11.2 Å². The van der Waals surface area contributed by atoms with E-state index in [1.165, 1.54) is 9.47 Å². The van der Waals surface area contributed by atoms with Gasteiger partial charge in [-0.25, -0.2) is 4.79 Å². The number of carbonyl (C=O) groups is 1. The molecule has 33 heavy (non-hydrogen) atoms. The first-order valence-electron chi connectivity index (χ1n) is 11.4. The Kier molecular flexibility index (Phi) is 8.16. The number of aromatic amines is 1. The lowest BCUT2D eigenvalue weighted by atomic mass is 10.2. The minimum absolute atomic E-state index is 0.0221. The molecule has 0 fully saturated rings. The SMILES string of the molecule is CCCCN(C(=O)CN(CC)Cc1ccc2c(c1)OCO2)c1c(N)n(CCC)c(=O)[nH]c1=O. The number of rotatable bonds is 11. The number of nitrogens with one attached hydrogen (secondary N) is 1. The van der Waals surface area contributed by atoms with E-state index in [2.05, 4.69) is 4.98 Å². The van der Waals surface area contributed by atoms with Crippen LogP contribution in [0.5, 0.6) is 11.5 Å². The molecule has 0 radical (unpaired) electrons. The van der Waals surface area contributed by atoms with Crippen LogP contribution in [-0.2, 0) is 17.9 Å². The van der Waals surface area contributed by atoms with Crippen LogP contribution in [0, 0.1) is 0 Å². The van der Waals surface area contributed by atoms with Crippen molar-refractivity contribution >= 4 is 17.4 Å². The number of benzene rings is 1. The fourth-order valence-corrected chi connectivity index (χ4v) is 3.81. The van der Waals surface area contributed by atoms with E-state index in [0.717, 1.165) is 12.0 Å². The summed E-state index contributed by atoms with van der Waals surface area (Å²) in [6, 6.07) is 5.71. The Morgan fingerprint density at radius 3 is 2.61 bits per heavy atom. The second kappa shape index (κ2) is 11.0. The molecule has 0 saturated heterocycles. The summed E-state index contributed by atoms with van der Waals surface area (Å²) in [6.07, 6.45) is 2.20. The molecule has 3 N–H and O–H groups in total. The number of unbranched alkanes of at least 4 members (excludes halogenated alkanes) is 1. The van der Waals surface area contributed by atoms with Crippen LogP contribution in [0.4, 0.5) is 11.5 Å². The highest BCUT2D eigenvalue weighted by atomic mass is 16.7. The molecule has 1 aromatic heterocycles. The van der Waals surface area contributed by atoms with Crippen molar-refractivity contribution in [3.05, 3.63) is 44.6 Å². The lowest BCUT2D eigenvalue weighted by Gasteiger charge is -2.28. The smallest absolute Gasteiger partial charge is 0.330 e. The lowest BCUT2D eigenvalue weighted by Crippen LogP contribution is -2.45. The number of amides is 1. The summed E-state index contributed by atoms with van der Waals surface area (Å²) >= 11 is 0. The third-order valence-electron chi connectivity index (χ3n) is 5.62. The van der Waals surface area contributed by atoms with Gasteiger partial charge in [0.15, 0.2) is 17.2 Å². The fourth-order valence-electron chi connectivity index (χ4n) is 3.81. The molecule has 180 valence electrons. The highest BCUT2D eigenvalue weighted by Gasteiger charge is 2.25. The average Bonchev–Trinajstić information content (AvgIpc) is 3.26. The first-order valence-corrected chi connectivity index (χ1v) is 11.4. The highest BCUT2D eigenvalue weighted by molar-refractivity contribution is 5.96. The minimum atomic E-state index is -0.645. The zero-order valence-electron chi connectivity index (χ0n) is 19.6. The van der Waals surface area contributed by atoms with Crippen molar-refractivity contribution in [3.63, 3.8) is 0 Å². The molecule has 1 aromatic carbocycles. The first-order chi connectivity index (χ1) is 15.9. The maximum atomic E-state index is 13.4. The summed E-state index contributed by atoms with van der Waals surface area (Å²) in [5, 5.41) is 0. The third kappa shape index (κ3) is 5.57. The molecular weight excluding hydrogens is 426 g/mol. The molecule has 10 nitrogen and oxygen atoms in total. The molecule has 1 amide bonds. The van der Waals surface area contributed by atoms with Gasteiger partial charge in [0.2, 0.25) is 12.7 Å². The standard InChI is InChI=1S/C23H33N5O5/c1-4-7-11-27(20-21(24)28(10-5-2)23(31)25-22(20)30)19(29)14-26(6-3)13-16-8-9-17-18(12-16)33-15-32-17/h8-9,12H,4-7,10-11,13-15,24H2,1-3H3,(H,25,30,31). The molecule has 3 rings (SSSR count). The summed E-state index contributed by atoms with van der Waals surface area (Å²) in [5.74, 6) is 1.18. The van der Waals surface area contributed by atoms with E-state index in [9.17, 15) is 14.4 Å². The number of nitrogen functional groups attached to an aromatic ring is 1. The Morgan fingerprint density at radius 2 is 1.91 bits per heavy atom. The van der Waals surface area contributed by atoms with Crippen molar-refractivity contribution in [2.45, 2.75) is 53.1 Å². The van der Waals surface area contributed by atoms with E-state index in [-0.39, 0.29) is 30.8 Å². The van der Waals surface area contributed by atoms with Gasteiger partial charge in [0.1, 0.15) is 5.82 Å². The van der Waals surface area contributed by atoms with Crippen molar-refractivity contribution in [3.8, 4) is 11.5 Å². The zero-order valence-corrected chi connectivity index (χ0v) is 19.6. The molecular formula is C23H33N5O5. The number of nitrogens with two attached hydrogens (primary N) is 1. The van der Waals surface area contributed by atoms with Crippen molar-refractivity contribution in [1.29, 1.82) is 0 Å². The van der Waals surface area contributed by atoms with Gasteiger partial charge in [-0.05, 0) is 37.1 Å². The summed E-state index contributed by atoms with van der Waals surface area (Å²) in [7, 11) is 0. The summed E-state index contributed by atoms with van der Waals surface area (Å²) in [5.41, 5.74) is 6.05. The van der Waals surface area contributed by atoms with Crippen LogP contribution in [0.3, 0.4) is 0 Å². The van der Waals surface area contributed by atoms with Crippen LogP contribution >= 0.6 is 0 Å². The quantitative estimate of drug-likeness (QED) is 0.526. The van der Waals surface area contributed by atoms with Gasteiger partial charge in [0, 0.05) is 19.6 Å². The van der Waals surface area contributed by atoms with Gasteiger partial charge in [-0.15, -0.1) is 0 Å². The number of hydrogen-bond acceptors (Lipinski definition) is 7. The van der Waals surface area contributed by atoms with Crippen LogP contribution in [0.15, 0.2) is 27.8 Å². The van der Waals surface area contributed by atoms with Gasteiger partial charge < -0.3 is 20.1 Å². The Bertz CT molecular complexity index is 1090. The summed E-state index contributed by atoms with van der Waals surface area (Å²) in [6.45, 7) is 8.05. The number of ether oxygens (including phenoxy) is 2. The Labute approximate surface area is 192 Å². The van der Waals surface area contributed by atoms with Crippen molar-refractivity contribution in [2.24, 2.45) is 0 Å². The molecule has 0 spiro atoms. The minimum Gasteiger partial charge on any atom is -0.454 e. The molecule has 0 saturated carbocycles. The predicted molar refractivity (Wildman–Crippen MR) is 127 cm³/mol. The second-order valence-corrected chi connectivity index (χ2v) is 8.03. The van der Waals surface area contributed by atoms with Crippen LogP contribution < -0.4 is 31.4 Å². The lowest BCUT2D eigenvalue weighted by molar-refractivity contribution is -0.119. The molecule has 2 heterocycles. The van der Waals surface area contributed by atoms with E-state index in [0.29, 0.717) is 50.5 Å². The van der Waals surface area contributed by atoms with Gasteiger partial charge in [0.05, 0.1) is 6.54 Å². The third-order valence-corrected chi connectivity index (χ3v) is 5.62. The number of hydrogen-bond donors (Lipinski definition) is 2. The number of nitrogens with zero attached hydrogens (tertiary/aromatic N) is 3. The van der Waals surface area contributed by atoms with E-state index >= 15 is 0 Å². The number of anilines is 2. The number of aromatic nitrogens is 2. The van der Waals surface area contributed by atoms with Crippen molar-refractivity contribution in [2.75, 3.05) is 37.1 Å². The molecule has 1 aliphatic heterocycles. The Morgan fingerprint density at radius 1 is 1.15 bits per heavy atom. The van der Waals surface area contributed by atoms with Gasteiger partial charge >= 0.3 is 5.69 Å². The van der Waals surface area contributed by atoms with E-state index in [1.54, 1.807) is 0 Å². The Balaban J connectivity index is 1.85. The Hall–Kier alpha value is -3.27. The molecule has 0 atom stereocenters. The largest absolute Gasteiger partial charge is 0.454 e. The van der Waals surface area contributed by atoms with E-state index in [1.807, 2.05) is 43.9 Å². The monoisotopic (exact) mass is 459 g/mol. The second-order valence-electron chi connectivity index (χ2n) is 8.03. The molecule has 0 unspecified atom stereocenters. The van der Waals surface area contributed by atoms with Gasteiger partial charge in [-0.2, -0.15) is 0 Å². The maximum Gasteiger partial charge on any atom is 0.330 e. The summed E-state index contributed by atoms with van der Waals surface area (Å²) < 4.78 is 12.1. The van der Waals surface area contributed by atoms with Gasteiger partial charge in [0.25, 0.3) is 5.56 Å². The normalized spacial score (nSPS) is 12.4. The number of likely N-dealkylation sites (N-methyl/N-ethyl adjacent to an activating group) is 1. The molecule has 10 heteroatoms. The van der Waals surface area contributed by atoms with Gasteiger partial charge in [-0.3, -0.25) is 24.0 Å². The predicted octanol–water partition coefficient (Wildman–Crippen LogP) is 1.91. The van der Waals surface area contributed by atoms with Crippen LogP contribution in [0.25, 0.3) is 0 Å². The maximum absolute atomic E-state index is 13.4. The topological polar surface area (TPSA) is 123 Å². The first kappa shape index (κ1) is 24.4. The molecule has 1 aliphatic rings. The fraction of sp³-hybridized carbons (Fsp3) is 0.522. The van der Waals surface area contributed by atoms with Crippen molar-refractivity contribution < 1.29 is 14.3 Å². The number of fused-ring (bicyclic) bond motifs is 1. The zero-order chi connectivity index (χ0) is 24.0. The van der Waals surface area contributed by atoms with Crippen LogP contribution in [0.2, 0.25) is 0 Å².